The molecule has 0 radical (unpaired) electrons. The van der Waals surface area contributed by atoms with Crippen molar-refractivity contribution in [3.63, 3.8) is 0 Å². The summed E-state index contributed by atoms with van der Waals surface area (Å²) >= 11 is 7.01. The van der Waals surface area contributed by atoms with Crippen molar-refractivity contribution >= 4 is 34.3 Å². The van der Waals surface area contributed by atoms with Gasteiger partial charge in [-0.15, -0.1) is 0 Å². The fourth-order valence-corrected chi connectivity index (χ4v) is 2.86. The van der Waals surface area contributed by atoms with E-state index in [0.29, 0.717) is 21.0 Å². The predicted octanol–water partition coefficient (Wildman–Crippen LogP) is 4.48. The van der Waals surface area contributed by atoms with Crippen LogP contribution in [0.25, 0.3) is 0 Å². The maximum atomic E-state index is 12.2. The van der Waals surface area contributed by atoms with Crippen molar-refractivity contribution in [2.45, 2.75) is 11.8 Å². The van der Waals surface area contributed by atoms with E-state index in [1.807, 2.05) is 0 Å². The molecule has 2 nitrogen and oxygen atoms in total. The Labute approximate surface area is 120 Å². The zero-order chi connectivity index (χ0) is 13.8. The maximum absolute atomic E-state index is 12.2. The lowest BCUT2D eigenvalue weighted by molar-refractivity contribution is 0.101. The first-order valence-corrected chi connectivity index (χ1v) is 6.85. The molecular formula is C15H11ClO2S. The molecule has 2 aromatic carbocycles. The second-order valence-corrected chi connectivity index (χ2v) is 5.34. The Kier molecular flexibility index (Phi) is 4.40. The van der Waals surface area contributed by atoms with Crippen LogP contribution >= 0.6 is 23.4 Å². The van der Waals surface area contributed by atoms with Gasteiger partial charge in [0.1, 0.15) is 0 Å². The van der Waals surface area contributed by atoms with Crippen LogP contribution in [0.15, 0.2) is 53.4 Å². The number of benzene rings is 2. The molecule has 0 amide bonds. The third-order valence-corrected chi connectivity index (χ3v) is 3.87. The number of halogens is 1. The zero-order valence-corrected chi connectivity index (χ0v) is 11.8. The fourth-order valence-electron chi connectivity index (χ4n) is 1.63. The van der Waals surface area contributed by atoms with Crippen molar-refractivity contribution < 1.29 is 9.59 Å². The molecule has 0 bridgehead atoms. The van der Waals surface area contributed by atoms with Crippen molar-refractivity contribution in [3.8, 4) is 0 Å². The lowest BCUT2D eigenvalue weighted by atomic mass is 10.1. The smallest absolute Gasteiger partial charge is 0.225 e. The summed E-state index contributed by atoms with van der Waals surface area (Å²) in [6.45, 7) is 1.49. The molecule has 0 N–H and O–H groups in total. The third kappa shape index (κ3) is 3.25. The summed E-state index contributed by atoms with van der Waals surface area (Å²) in [5, 5.41) is 0.250. The van der Waals surface area contributed by atoms with Crippen molar-refractivity contribution in [2.24, 2.45) is 0 Å². The minimum absolute atomic E-state index is 0.0601. The van der Waals surface area contributed by atoms with Gasteiger partial charge < -0.3 is 0 Å². The van der Waals surface area contributed by atoms with E-state index in [-0.39, 0.29) is 10.9 Å². The van der Waals surface area contributed by atoms with Gasteiger partial charge in [-0.3, -0.25) is 9.59 Å². The van der Waals surface area contributed by atoms with Crippen LogP contribution in [0.4, 0.5) is 0 Å². The number of hydrogen-bond acceptors (Lipinski definition) is 3. The van der Waals surface area contributed by atoms with E-state index in [1.165, 1.54) is 6.92 Å². The molecule has 0 fully saturated rings. The molecule has 0 saturated carbocycles. The predicted molar refractivity (Wildman–Crippen MR) is 78.1 cm³/mol. The highest BCUT2D eigenvalue weighted by Gasteiger charge is 2.15. The minimum atomic E-state index is -0.167. The highest BCUT2D eigenvalue weighted by atomic mass is 35.5. The van der Waals surface area contributed by atoms with Gasteiger partial charge in [0.25, 0.3) is 0 Å². The second kappa shape index (κ2) is 6.04. The molecule has 2 aromatic rings. The van der Waals surface area contributed by atoms with E-state index in [4.69, 9.17) is 11.6 Å². The van der Waals surface area contributed by atoms with E-state index >= 15 is 0 Å². The van der Waals surface area contributed by atoms with Crippen molar-refractivity contribution in [3.05, 3.63) is 64.7 Å². The summed E-state index contributed by atoms with van der Waals surface area (Å²) in [7, 11) is 0. The normalized spacial score (nSPS) is 10.2. The molecule has 0 aliphatic heterocycles. The van der Waals surface area contributed by atoms with E-state index in [2.05, 4.69) is 0 Å². The molecule has 96 valence electrons. The largest absolute Gasteiger partial charge is 0.294 e. The van der Waals surface area contributed by atoms with Gasteiger partial charge in [-0.25, -0.2) is 0 Å². The molecule has 0 atom stereocenters. The highest BCUT2D eigenvalue weighted by molar-refractivity contribution is 8.14. The molecule has 0 aromatic heterocycles. The molecule has 4 heteroatoms. The third-order valence-electron chi connectivity index (χ3n) is 2.56. The summed E-state index contributed by atoms with van der Waals surface area (Å²) in [5.41, 5.74) is 1.00. The number of carbonyl (C=O) groups is 2. The number of hydrogen-bond donors (Lipinski definition) is 0. The molecule has 0 spiro atoms. The number of ketones is 1. The average molecular weight is 291 g/mol. The summed E-state index contributed by atoms with van der Waals surface area (Å²) in [6.07, 6.45) is 0. The Balaban J connectivity index is 2.30. The van der Waals surface area contributed by atoms with Gasteiger partial charge in [-0.1, -0.05) is 41.9 Å². The number of rotatable bonds is 3. The van der Waals surface area contributed by atoms with E-state index < -0.39 is 0 Å². The van der Waals surface area contributed by atoms with Crippen LogP contribution in [-0.2, 0) is 0 Å². The monoisotopic (exact) mass is 290 g/mol. The molecule has 0 aliphatic carbocycles. The van der Waals surface area contributed by atoms with Crippen molar-refractivity contribution in [2.75, 3.05) is 0 Å². The van der Waals surface area contributed by atoms with Crippen LogP contribution in [-0.4, -0.2) is 10.9 Å². The Bertz CT molecular complexity index is 638. The van der Waals surface area contributed by atoms with Crippen LogP contribution in [0.5, 0.6) is 0 Å². The molecule has 19 heavy (non-hydrogen) atoms. The van der Waals surface area contributed by atoms with Gasteiger partial charge in [0.2, 0.25) is 5.12 Å². The van der Waals surface area contributed by atoms with Crippen LogP contribution in [0, 0.1) is 0 Å². The van der Waals surface area contributed by atoms with Crippen LogP contribution in [0.3, 0.4) is 0 Å². The van der Waals surface area contributed by atoms with Gasteiger partial charge in [-0.2, -0.15) is 0 Å². The molecule has 0 heterocycles. The zero-order valence-electron chi connectivity index (χ0n) is 10.2. The second-order valence-electron chi connectivity index (χ2n) is 3.92. The number of carbonyl (C=O) groups excluding carboxylic acids is 2. The standard InChI is InChI=1S/C15H11ClO2S/c1-10(17)11-6-3-5-9-14(11)19-15(18)12-7-2-4-8-13(12)16/h2-9H,1H3. The van der Waals surface area contributed by atoms with Crippen LogP contribution in [0.1, 0.15) is 27.6 Å². The molecule has 0 aliphatic rings. The SMILES string of the molecule is CC(=O)c1ccccc1SC(=O)c1ccccc1Cl. The average Bonchev–Trinajstić information content (AvgIpc) is 2.39. The van der Waals surface area contributed by atoms with Gasteiger partial charge in [0.15, 0.2) is 5.78 Å². The van der Waals surface area contributed by atoms with Crippen molar-refractivity contribution in [1.82, 2.24) is 0 Å². The minimum Gasteiger partial charge on any atom is -0.294 e. The highest BCUT2D eigenvalue weighted by Crippen LogP contribution is 2.29. The topological polar surface area (TPSA) is 34.1 Å². The first-order valence-electron chi connectivity index (χ1n) is 5.66. The van der Waals surface area contributed by atoms with E-state index in [1.54, 1.807) is 48.5 Å². The Morgan fingerprint density at radius 3 is 2.16 bits per heavy atom. The quantitative estimate of drug-likeness (QED) is 0.617. The Hall–Kier alpha value is -1.58. The van der Waals surface area contributed by atoms with Crippen LogP contribution < -0.4 is 0 Å². The summed E-state index contributed by atoms with van der Waals surface area (Å²) in [6, 6.07) is 13.9. The van der Waals surface area contributed by atoms with Gasteiger partial charge in [-0.05, 0) is 36.9 Å². The molecule has 0 unspecified atom stereocenters. The maximum Gasteiger partial charge on any atom is 0.225 e. The van der Waals surface area contributed by atoms with Gasteiger partial charge >= 0.3 is 0 Å². The first kappa shape index (κ1) is 13.8. The fraction of sp³-hybridized carbons (Fsp3) is 0.0667. The first-order chi connectivity index (χ1) is 9.09. The summed E-state index contributed by atoms with van der Waals surface area (Å²) < 4.78 is 0. The Morgan fingerprint density at radius 1 is 0.947 bits per heavy atom. The number of thioether (sulfide) groups is 1. The van der Waals surface area contributed by atoms with Gasteiger partial charge in [0, 0.05) is 16.0 Å². The molecular weight excluding hydrogens is 280 g/mol. The van der Waals surface area contributed by atoms with E-state index in [9.17, 15) is 9.59 Å². The Morgan fingerprint density at radius 2 is 1.53 bits per heavy atom. The molecule has 0 saturated heterocycles. The lowest BCUT2D eigenvalue weighted by Gasteiger charge is -2.06. The number of Topliss-reactive ketones (excluding diaryl/α,β-unsaturated/α-hetero) is 1. The van der Waals surface area contributed by atoms with Crippen LogP contribution in [0.2, 0.25) is 5.02 Å². The summed E-state index contributed by atoms with van der Waals surface area (Å²) in [4.78, 5) is 24.3. The summed E-state index contributed by atoms with van der Waals surface area (Å²) in [5.74, 6) is -0.0601. The van der Waals surface area contributed by atoms with E-state index in [0.717, 1.165) is 11.8 Å². The lowest BCUT2D eigenvalue weighted by Crippen LogP contribution is -1.99. The molecule has 2 rings (SSSR count). The van der Waals surface area contributed by atoms with Crippen molar-refractivity contribution in [1.29, 1.82) is 0 Å². The van der Waals surface area contributed by atoms with Gasteiger partial charge in [0.05, 0.1) is 5.02 Å².